The molecule has 4 nitrogen and oxygen atoms in total. The molecule has 0 aromatic heterocycles. The van der Waals surface area contributed by atoms with Crippen LogP contribution >= 0.6 is 12.4 Å². The molecule has 1 aliphatic heterocycles. The Morgan fingerprint density at radius 2 is 2.29 bits per heavy atom. The molecular formula is C12H18ClN3O. The quantitative estimate of drug-likeness (QED) is 0.863. The van der Waals surface area contributed by atoms with E-state index in [1.165, 1.54) is 0 Å². The number of nitrogens with zero attached hydrogens (tertiary/aromatic N) is 1. The van der Waals surface area contributed by atoms with Crippen molar-refractivity contribution in [1.82, 2.24) is 5.32 Å². The van der Waals surface area contributed by atoms with E-state index in [0.717, 1.165) is 42.5 Å². The van der Waals surface area contributed by atoms with E-state index in [9.17, 15) is 0 Å². The smallest absolute Gasteiger partial charge is 0.144 e. The molecule has 2 N–H and O–H groups in total. The second-order valence-electron chi connectivity index (χ2n) is 3.76. The largest absolute Gasteiger partial charge is 0.494 e. The first-order valence-corrected chi connectivity index (χ1v) is 5.46. The Bertz CT molecular complexity index is 407. The first-order chi connectivity index (χ1) is 7.81. The maximum absolute atomic E-state index is 5.37. The van der Waals surface area contributed by atoms with E-state index in [4.69, 9.17) is 4.74 Å². The van der Waals surface area contributed by atoms with Gasteiger partial charge in [0, 0.05) is 6.54 Å². The molecule has 0 spiro atoms. The molecule has 1 aromatic carbocycles. The van der Waals surface area contributed by atoms with E-state index in [2.05, 4.69) is 15.6 Å². The van der Waals surface area contributed by atoms with Gasteiger partial charge in [-0.2, -0.15) is 0 Å². The molecule has 5 heteroatoms. The fourth-order valence-corrected chi connectivity index (χ4v) is 1.81. The summed E-state index contributed by atoms with van der Waals surface area (Å²) in [6, 6.07) is 6.07. The van der Waals surface area contributed by atoms with Gasteiger partial charge in [-0.05, 0) is 18.6 Å². The summed E-state index contributed by atoms with van der Waals surface area (Å²) in [4.78, 5) is 4.33. The van der Waals surface area contributed by atoms with Gasteiger partial charge in [0.15, 0.2) is 0 Å². The third-order valence-corrected chi connectivity index (χ3v) is 2.61. The SMILES string of the molecule is COc1c(C)cccc1NCC1=NCCN1.Cl. The minimum Gasteiger partial charge on any atom is -0.494 e. The average Bonchev–Trinajstić information content (AvgIpc) is 2.79. The Balaban J connectivity index is 0.00000144. The molecule has 0 fully saturated rings. The molecule has 1 heterocycles. The highest BCUT2D eigenvalue weighted by atomic mass is 35.5. The van der Waals surface area contributed by atoms with Crippen molar-refractivity contribution < 1.29 is 4.74 Å². The molecule has 1 aromatic rings. The molecular weight excluding hydrogens is 238 g/mol. The molecule has 0 atom stereocenters. The van der Waals surface area contributed by atoms with Crippen molar-refractivity contribution in [1.29, 1.82) is 0 Å². The summed E-state index contributed by atoms with van der Waals surface area (Å²) in [5.41, 5.74) is 2.15. The van der Waals surface area contributed by atoms with Gasteiger partial charge < -0.3 is 15.4 Å². The maximum atomic E-state index is 5.37. The van der Waals surface area contributed by atoms with Crippen molar-refractivity contribution in [3.05, 3.63) is 23.8 Å². The normalized spacial score (nSPS) is 13.4. The van der Waals surface area contributed by atoms with Gasteiger partial charge in [0.05, 0.1) is 25.9 Å². The molecule has 0 saturated heterocycles. The summed E-state index contributed by atoms with van der Waals surface area (Å²) in [5.74, 6) is 1.92. The number of benzene rings is 1. The molecule has 0 unspecified atom stereocenters. The molecule has 0 bridgehead atoms. The highest BCUT2D eigenvalue weighted by Gasteiger charge is 2.08. The minimum absolute atomic E-state index is 0. The second kappa shape index (κ2) is 6.35. The Morgan fingerprint density at radius 1 is 1.47 bits per heavy atom. The number of halogens is 1. The molecule has 2 rings (SSSR count). The zero-order valence-electron chi connectivity index (χ0n) is 10.1. The fraction of sp³-hybridized carbons (Fsp3) is 0.417. The summed E-state index contributed by atoms with van der Waals surface area (Å²) in [7, 11) is 1.69. The first-order valence-electron chi connectivity index (χ1n) is 5.46. The number of methoxy groups -OCH3 is 1. The number of anilines is 1. The number of ether oxygens (including phenoxy) is 1. The molecule has 1 aliphatic rings. The van der Waals surface area contributed by atoms with E-state index >= 15 is 0 Å². The molecule has 0 amide bonds. The van der Waals surface area contributed by atoms with Crippen molar-refractivity contribution in [2.75, 3.05) is 32.1 Å². The van der Waals surface area contributed by atoms with Gasteiger partial charge >= 0.3 is 0 Å². The number of aryl methyl sites for hydroxylation is 1. The maximum Gasteiger partial charge on any atom is 0.144 e. The lowest BCUT2D eigenvalue weighted by atomic mass is 10.2. The van der Waals surface area contributed by atoms with Gasteiger partial charge in [-0.25, -0.2) is 0 Å². The summed E-state index contributed by atoms with van der Waals surface area (Å²) in [5, 5.41) is 6.55. The predicted molar refractivity (Wildman–Crippen MR) is 73.8 cm³/mol. The zero-order chi connectivity index (χ0) is 11.4. The van der Waals surface area contributed by atoms with E-state index in [1.54, 1.807) is 7.11 Å². The number of hydrogen-bond donors (Lipinski definition) is 2. The van der Waals surface area contributed by atoms with E-state index in [-0.39, 0.29) is 12.4 Å². The number of hydrogen-bond acceptors (Lipinski definition) is 4. The third-order valence-electron chi connectivity index (χ3n) is 2.61. The molecule has 0 saturated carbocycles. The summed E-state index contributed by atoms with van der Waals surface area (Å²) >= 11 is 0. The monoisotopic (exact) mass is 255 g/mol. The first kappa shape index (κ1) is 13.6. The van der Waals surface area contributed by atoms with Crippen molar-refractivity contribution in [2.24, 2.45) is 4.99 Å². The minimum atomic E-state index is 0. The van der Waals surface area contributed by atoms with Gasteiger partial charge in [-0.3, -0.25) is 4.99 Å². The lowest BCUT2D eigenvalue weighted by Crippen LogP contribution is -2.26. The second-order valence-corrected chi connectivity index (χ2v) is 3.76. The van der Waals surface area contributed by atoms with Crippen LogP contribution in [0.15, 0.2) is 23.2 Å². The van der Waals surface area contributed by atoms with Gasteiger partial charge in [-0.1, -0.05) is 12.1 Å². The Hall–Kier alpha value is -1.42. The van der Waals surface area contributed by atoms with Crippen LogP contribution in [0.1, 0.15) is 5.56 Å². The standard InChI is InChI=1S/C12H17N3O.ClH/c1-9-4-3-5-10(12(9)16-2)15-8-11-13-6-7-14-11;/h3-5,15H,6-8H2,1-2H3,(H,13,14);1H. The molecule has 0 aliphatic carbocycles. The highest BCUT2D eigenvalue weighted by molar-refractivity contribution is 5.88. The van der Waals surface area contributed by atoms with Gasteiger partial charge in [0.2, 0.25) is 0 Å². The van der Waals surface area contributed by atoms with Crippen molar-refractivity contribution in [3.8, 4) is 5.75 Å². The summed E-state index contributed by atoms with van der Waals surface area (Å²) in [6.45, 7) is 4.58. The predicted octanol–water partition coefficient (Wildman–Crippen LogP) is 1.84. The Kier molecular flexibility index (Phi) is 5.10. The molecule has 0 radical (unpaired) electrons. The van der Waals surface area contributed by atoms with Crippen LogP contribution in [0.25, 0.3) is 0 Å². The van der Waals surface area contributed by atoms with Gasteiger partial charge in [0.25, 0.3) is 0 Å². The van der Waals surface area contributed by atoms with Crippen LogP contribution in [0.4, 0.5) is 5.69 Å². The Morgan fingerprint density at radius 3 is 2.94 bits per heavy atom. The van der Waals surface area contributed by atoms with E-state index in [0.29, 0.717) is 0 Å². The highest BCUT2D eigenvalue weighted by Crippen LogP contribution is 2.27. The van der Waals surface area contributed by atoms with Crippen LogP contribution in [0.5, 0.6) is 5.75 Å². The van der Waals surface area contributed by atoms with Crippen molar-refractivity contribution >= 4 is 23.9 Å². The summed E-state index contributed by atoms with van der Waals surface area (Å²) < 4.78 is 5.37. The van der Waals surface area contributed by atoms with Crippen LogP contribution in [0.2, 0.25) is 0 Å². The average molecular weight is 256 g/mol. The van der Waals surface area contributed by atoms with Crippen LogP contribution in [-0.2, 0) is 0 Å². The fourth-order valence-electron chi connectivity index (χ4n) is 1.81. The van der Waals surface area contributed by atoms with Gasteiger partial charge in [-0.15, -0.1) is 12.4 Å². The van der Waals surface area contributed by atoms with Crippen LogP contribution < -0.4 is 15.4 Å². The van der Waals surface area contributed by atoms with Crippen molar-refractivity contribution in [3.63, 3.8) is 0 Å². The number of para-hydroxylation sites is 1. The number of nitrogens with one attached hydrogen (secondary N) is 2. The number of rotatable bonds is 4. The lowest BCUT2D eigenvalue weighted by Gasteiger charge is -2.13. The van der Waals surface area contributed by atoms with Crippen LogP contribution in [0.3, 0.4) is 0 Å². The Labute approximate surface area is 108 Å². The van der Waals surface area contributed by atoms with Crippen molar-refractivity contribution in [2.45, 2.75) is 6.92 Å². The molecule has 17 heavy (non-hydrogen) atoms. The lowest BCUT2D eigenvalue weighted by molar-refractivity contribution is 0.413. The number of aliphatic imine (C=N–C) groups is 1. The third kappa shape index (κ3) is 3.27. The molecule has 94 valence electrons. The topological polar surface area (TPSA) is 45.6 Å². The van der Waals surface area contributed by atoms with E-state index < -0.39 is 0 Å². The number of amidine groups is 1. The van der Waals surface area contributed by atoms with E-state index in [1.807, 2.05) is 25.1 Å². The van der Waals surface area contributed by atoms with Crippen LogP contribution in [-0.4, -0.2) is 32.6 Å². The zero-order valence-corrected chi connectivity index (χ0v) is 10.9. The van der Waals surface area contributed by atoms with Gasteiger partial charge in [0.1, 0.15) is 11.6 Å². The van der Waals surface area contributed by atoms with Crippen LogP contribution in [0, 0.1) is 6.92 Å². The summed E-state index contributed by atoms with van der Waals surface area (Å²) in [6.07, 6.45) is 0.